The first-order valence-electron chi connectivity index (χ1n) is 9.00. The van der Waals surface area contributed by atoms with Gasteiger partial charge in [-0.1, -0.05) is 32.4 Å². The van der Waals surface area contributed by atoms with Crippen molar-refractivity contribution in [2.75, 3.05) is 20.2 Å². The van der Waals surface area contributed by atoms with Crippen molar-refractivity contribution in [1.29, 1.82) is 0 Å². The molecule has 1 saturated heterocycles. The maximum atomic E-state index is 6.30. The molecule has 0 spiro atoms. The van der Waals surface area contributed by atoms with E-state index in [1.165, 1.54) is 18.1 Å². The van der Waals surface area contributed by atoms with Gasteiger partial charge in [0.25, 0.3) is 0 Å². The van der Waals surface area contributed by atoms with Crippen LogP contribution in [0.15, 0.2) is 47.5 Å². The summed E-state index contributed by atoms with van der Waals surface area (Å²) in [6.45, 7) is 9.01. The van der Waals surface area contributed by atoms with Gasteiger partial charge in [0, 0.05) is 41.0 Å². The molecule has 6 heteroatoms. The maximum absolute atomic E-state index is 6.30. The Hall–Kier alpha value is -1.35. The van der Waals surface area contributed by atoms with E-state index in [9.17, 15) is 0 Å². The van der Waals surface area contributed by atoms with E-state index in [0.29, 0.717) is 5.02 Å². The van der Waals surface area contributed by atoms with Gasteiger partial charge >= 0.3 is 0 Å². The minimum atomic E-state index is -2.08. The molecule has 3 rings (SSSR count). The van der Waals surface area contributed by atoms with Crippen LogP contribution in [0.5, 0.6) is 5.75 Å². The lowest BCUT2D eigenvalue weighted by Crippen LogP contribution is -2.35. The third-order valence-electron chi connectivity index (χ3n) is 4.84. The summed E-state index contributed by atoms with van der Waals surface area (Å²) in [6.07, 6.45) is 6.17. The highest BCUT2D eigenvalue weighted by Gasteiger charge is 2.42. The second kappa shape index (κ2) is 7.72. The van der Waals surface area contributed by atoms with Gasteiger partial charge in [-0.3, -0.25) is 9.65 Å². The Morgan fingerprint density at radius 3 is 2.35 bits per heavy atom. The zero-order valence-corrected chi connectivity index (χ0v) is 17.6. The van der Waals surface area contributed by atoms with E-state index in [2.05, 4.69) is 42.6 Å². The van der Waals surface area contributed by atoms with Crippen molar-refractivity contribution in [3.8, 4) is 5.75 Å². The van der Waals surface area contributed by atoms with Gasteiger partial charge in [0.05, 0.1) is 14.3 Å². The Balaban J connectivity index is 2.35. The number of aromatic nitrogens is 1. The third kappa shape index (κ3) is 3.55. The highest BCUT2D eigenvalue weighted by Crippen LogP contribution is 2.65. The van der Waals surface area contributed by atoms with Crippen LogP contribution in [0, 0.1) is 0 Å². The molecule has 2 heterocycles. The van der Waals surface area contributed by atoms with Crippen LogP contribution in [0.2, 0.25) is 5.02 Å². The van der Waals surface area contributed by atoms with Crippen molar-refractivity contribution < 1.29 is 4.74 Å². The molecule has 0 amide bonds. The summed E-state index contributed by atoms with van der Waals surface area (Å²) in [5.74, 6) is 0.760. The molecule has 2 aromatic rings. The standard InChI is InChI=1S/C20H27ClN3OP/c1-20(2,3)26(24-13-5-6-14-24,17-9-11-22-12-10-17)23-18-15-16(21)7-8-19(18)25-4/h7-12,15H,5-6,13-14H2,1-4H3/t26-/m0/s1. The van der Waals surface area contributed by atoms with Crippen molar-refractivity contribution >= 4 is 29.8 Å². The number of halogens is 1. The zero-order chi connectivity index (χ0) is 18.8. The molecule has 0 aliphatic carbocycles. The Bertz CT molecular complexity index is 812. The number of rotatable bonds is 4. The molecule has 1 atom stereocenters. The first-order valence-corrected chi connectivity index (χ1v) is 11.1. The predicted molar refractivity (Wildman–Crippen MR) is 111 cm³/mol. The van der Waals surface area contributed by atoms with Gasteiger partial charge in [0.15, 0.2) is 0 Å². The first kappa shape index (κ1) is 19.4. The molecule has 26 heavy (non-hydrogen) atoms. The van der Waals surface area contributed by atoms with Gasteiger partial charge in [-0.05, 0) is 43.2 Å². The van der Waals surface area contributed by atoms with E-state index < -0.39 is 7.21 Å². The SMILES string of the molecule is COc1ccc(Cl)cc1N=[P@@](c1ccncc1)(N1CCCC1)C(C)(C)C. The number of hydrogen-bond acceptors (Lipinski definition) is 3. The summed E-state index contributed by atoms with van der Waals surface area (Å²) in [5, 5.41) is 1.89. The van der Waals surface area contributed by atoms with Crippen LogP contribution in [-0.2, 0) is 0 Å². The normalized spacial score (nSPS) is 17.7. The second-order valence-corrected chi connectivity index (χ2v) is 11.8. The molecular weight excluding hydrogens is 365 g/mol. The average Bonchev–Trinajstić information content (AvgIpc) is 3.14. The lowest BCUT2D eigenvalue weighted by Gasteiger charge is -2.44. The first-order chi connectivity index (χ1) is 12.4. The molecule has 4 nitrogen and oxygen atoms in total. The van der Waals surface area contributed by atoms with Gasteiger partial charge < -0.3 is 4.74 Å². The Morgan fingerprint density at radius 2 is 1.77 bits per heavy atom. The van der Waals surface area contributed by atoms with Crippen LogP contribution >= 0.6 is 18.8 Å². The molecule has 0 saturated carbocycles. The molecule has 140 valence electrons. The lowest BCUT2D eigenvalue weighted by atomic mass is 10.3. The van der Waals surface area contributed by atoms with Gasteiger partial charge in [0.2, 0.25) is 0 Å². The summed E-state index contributed by atoms with van der Waals surface area (Å²) < 4.78 is 13.6. The van der Waals surface area contributed by atoms with Crippen molar-refractivity contribution in [2.45, 2.75) is 38.8 Å². The van der Waals surface area contributed by atoms with E-state index in [1.807, 2.05) is 30.6 Å². The molecule has 1 aromatic carbocycles. The van der Waals surface area contributed by atoms with Gasteiger partial charge in [0.1, 0.15) is 11.4 Å². The molecular formula is C20H27ClN3OP. The smallest absolute Gasteiger partial charge is 0.144 e. The van der Waals surface area contributed by atoms with Crippen LogP contribution in [0.1, 0.15) is 33.6 Å². The summed E-state index contributed by atoms with van der Waals surface area (Å²) in [7, 11) is -0.400. The van der Waals surface area contributed by atoms with Crippen molar-refractivity contribution in [1.82, 2.24) is 9.65 Å². The Labute approximate surface area is 161 Å². The maximum Gasteiger partial charge on any atom is 0.144 e. The van der Waals surface area contributed by atoms with Crippen LogP contribution in [0.3, 0.4) is 0 Å². The minimum absolute atomic E-state index is 0.0357. The molecule has 1 aromatic heterocycles. The number of methoxy groups -OCH3 is 1. The van der Waals surface area contributed by atoms with E-state index in [4.69, 9.17) is 21.1 Å². The number of ether oxygens (including phenoxy) is 1. The van der Waals surface area contributed by atoms with Crippen LogP contribution in [0.25, 0.3) is 0 Å². The lowest BCUT2D eigenvalue weighted by molar-refractivity contribution is 0.416. The quantitative estimate of drug-likeness (QED) is 0.626. The summed E-state index contributed by atoms with van der Waals surface area (Å²) >= 11 is 6.30. The fourth-order valence-corrected chi connectivity index (χ4v) is 8.22. The largest absolute Gasteiger partial charge is 0.494 e. The number of pyridine rings is 1. The molecule has 1 aliphatic heterocycles. The van der Waals surface area contributed by atoms with E-state index >= 15 is 0 Å². The highest BCUT2D eigenvalue weighted by molar-refractivity contribution is 7.73. The van der Waals surface area contributed by atoms with Crippen LogP contribution in [0.4, 0.5) is 5.69 Å². The van der Waals surface area contributed by atoms with E-state index in [-0.39, 0.29) is 5.16 Å². The van der Waals surface area contributed by atoms with E-state index in [0.717, 1.165) is 24.5 Å². The number of nitrogens with zero attached hydrogens (tertiary/aromatic N) is 3. The van der Waals surface area contributed by atoms with Crippen molar-refractivity contribution in [3.63, 3.8) is 0 Å². The fraction of sp³-hybridized carbons (Fsp3) is 0.450. The Kier molecular flexibility index (Phi) is 5.76. The molecule has 0 bridgehead atoms. The summed E-state index contributed by atoms with van der Waals surface area (Å²) in [6, 6.07) is 9.90. The average molecular weight is 392 g/mol. The van der Waals surface area contributed by atoms with Gasteiger partial charge in [-0.2, -0.15) is 0 Å². The van der Waals surface area contributed by atoms with Crippen LogP contribution < -0.4 is 10.0 Å². The topological polar surface area (TPSA) is 37.7 Å². The summed E-state index contributed by atoms with van der Waals surface area (Å²) in [5.41, 5.74) is 0.826. The highest BCUT2D eigenvalue weighted by atomic mass is 35.5. The minimum Gasteiger partial charge on any atom is -0.494 e. The molecule has 1 aliphatic rings. The van der Waals surface area contributed by atoms with Gasteiger partial charge in [-0.25, -0.2) is 4.74 Å². The van der Waals surface area contributed by atoms with Gasteiger partial charge in [-0.15, -0.1) is 0 Å². The second-order valence-electron chi connectivity index (χ2n) is 7.55. The number of benzene rings is 1. The molecule has 0 radical (unpaired) electrons. The van der Waals surface area contributed by atoms with Crippen molar-refractivity contribution in [2.24, 2.45) is 4.74 Å². The van der Waals surface area contributed by atoms with E-state index in [1.54, 1.807) is 7.11 Å². The predicted octanol–water partition coefficient (Wildman–Crippen LogP) is 5.71. The number of hydrogen-bond donors (Lipinski definition) is 0. The summed E-state index contributed by atoms with van der Waals surface area (Å²) in [4.78, 5) is 4.23. The molecule has 0 N–H and O–H groups in total. The Morgan fingerprint density at radius 1 is 1.12 bits per heavy atom. The zero-order valence-electron chi connectivity index (χ0n) is 15.9. The van der Waals surface area contributed by atoms with Crippen LogP contribution in [-0.4, -0.2) is 35.0 Å². The monoisotopic (exact) mass is 391 g/mol. The fourth-order valence-electron chi connectivity index (χ4n) is 3.68. The van der Waals surface area contributed by atoms with Crippen molar-refractivity contribution in [3.05, 3.63) is 47.7 Å². The molecule has 0 unspecified atom stereocenters. The molecule has 1 fully saturated rings. The third-order valence-corrected chi connectivity index (χ3v) is 9.69.